The molecule has 90 valence electrons. The largest absolute Gasteiger partial charge is 0.309 e. The van der Waals surface area contributed by atoms with Crippen molar-refractivity contribution >= 4 is 27.3 Å². The highest BCUT2D eigenvalue weighted by molar-refractivity contribution is 9.10. The van der Waals surface area contributed by atoms with E-state index < -0.39 is 0 Å². The number of pyridine rings is 1. The van der Waals surface area contributed by atoms with E-state index >= 15 is 0 Å². The molecule has 0 saturated carbocycles. The highest BCUT2D eigenvalue weighted by Crippen LogP contribution is 2.24. The Bertz CT molecular complexity index is 459. The van der Waals surface area contributed by atoms with E-state index in [2.05, 4.69) is 38.1 Å². The Morgan fingerprint density at radius 2 is 2.29 bits per heavy atom. The topological polar surface area (TPSA) is 37.8 Å². The SMILES string of the molecule is CCNC(Cc1nccs1)c1ncccc1Br. The molecule has 0 spiro atoms. The van der Waals surface area contributed by atoms with Crippen molar-refractivity contribution in [1.82, 2.24) is 15.3 Å². The lowest BCUT2D eigenvalue weighted by Crippen LogP contribution is -2.24. The lowest BCUT2D eigenvalue weighted by atomic mass is 10.1. The van der Waals surface area contributed by atoms with Crippen LogP contribution in [0.3, 0.4) is 0 Å². The van der Waals surface area contributed by atoms with E-state index in [1.165, 1.54) is 0 Å². The summed E-state index contributed by atoms with van der Waals surface area (Å²) in [5, 5.41) is 6.59. The molecule has 17 heavy (non-hydrogen) atoms. The lowest BCUT2D eigenvalue weighted by Gasteiger charge is -2.17. The maximum absolute atomic E-state index is 4.45. The third-order valence-corrected chi connectivity index (χ3v) is 3.90. The maximum Gasteiger partial charge on any atom is 0.0944 e. The van der Waals surface area contributed by atoms with Crippen LogP contribution in [0.4, 0.5) is 0 Å². The summed E-state index contributed by atoms with van der Waals surface area (Å²) in [5.41, 5.74) is 1.05. The summed E-state index contributed by atoms with van der Waals surface area (Å²) in [6.07, 6.45) is 4.55. The minimum absolute atomic E-state index is 0.210. The van der Waals surface area contributed by atoms with Gasteiger partial charge < -0.3 is 5.32 Å². The molecular weight excluding hydrogens is 298 g/mol. The van der Waals surface area contributed by atoms with Gasteiger partial charge in [-0.1, -0.05) is 6.92 Å². The van der Waals surface area contributed by atoms with Gasteiger partial charge in [-0.05, 0) is 34.6 Å². The first kappa shape index (κ1) is 12.7. The summed E-state index contributed by atoms with van der Waals surface area (Å²) >= 11 is 5.23. The molecule has 2 aromatic rings. The highest BCUT2D eigenvalue weighted by atomic mass is 79.9. The molecule has 0 aliphatic carbocycles. The molecule has 0 radical (unpaired) electrons. The molecule has 0 aliphatic rings. The molecule has 0 aromatic carbocycles. The van der Waals surface area contributed by atoms with Crippen molar-refractivity contribution in [3.05, 3.63) is 45.1 Å². The van der Waals surface area contributed by atoms with E-state index in [0.717, 1.165) is 28.1 Å². The average Bonchev–Trinajstić information content (AvgIpc) is 2.82. The molecule has 5 heteroatoms. The third-order valence-electron chi connectivity index (χ3n) is 2.43. The second kappa shape index (κ2) is 6.23. The molecular formula is C12H14BrN3S. The van der Waals surface area contributed by atoms with Crippen LogP contribution in [-0.4, -0.2) is 16.5 Å². The fraction of sp³-hybridized carbons (Fsp3) is 0.333. The fourth-order valence-electron chi connectivity index (χ4n) is 1.69. The van der Waals surface area contributed by atoms with Crippen LogP contribution in [0.25, 0.3) is 0 Å². The summed E-state index contributed by atoms with van der Waals surface area (Å²) in [7, 11) is 0. The fourth-order valence-corrected chi connectivity index (χ4v) is 2.89. The normalized spacial score (nSPS) is 12.6. The second-order valence-electron chi connectivity index (χ2n) is 3.61. The first-order chi connectivity index (χ1) is 8.31. The number of likely N-dealkylation sites (N-methyl/N-ethyl adjacent to an activating group) is 1. The first-order valence-corrected chi connectivity index (χ1v) is 7.20. The van der Waals surface area contributed by atoms with E-state index in [0.29, 0.717) is 0 Å². The monoisotopic (exact) mass is 311 g/mol. The molecule has 0 amide bonds. The van der Waals surface area contributed by atoms with Gasteiger partial charge in [0.1, 0.15) is 0 Å². The van der Waals surface area contributed by atoms with Crippen LogP contribution in [0.5, 0.6) is 0 Å². The van der Waals surface area contributed by atoms with Crippen molar-refractivity contribution in [3.63, 3.8) is 0 Å². The second-order valence-corrected chi connectivity index (χ2v) is 5.44. The van der Waals surface area contributed by atoms with Gasteiger partial charge in [-0.25, -0.2) is 4.98 Å². The number of rotatable bonds is 5. The van der Waals surface area contributed by atoms with Crippen LogP contribution < -0.4 is 5.32 Å². The number of thiazole rings is 1. The lowest BCUT2D eigenvalue weighted by molar-refractivity contribution is 0.533. The Morgan fingerprint density at radius 1 is 1.41 bits per heavy atom. The van der Waals surface area contributed by atoms with Crippen molar-refractivity contribution in [3.8, 4) is 0 Å². The van der Waals surface area contributed by atoms with E-state index in [9.17, 15) is 0 Å². The van der Waals surface area contributed by atoms with Gasteiger partial charge in [0.25, 0.3) is 0 Å². The Labute approximate surface area is 113 Å². The molecule has 2 rings (SSSR count). The summed E-state index contributed by atoms with van der Waals surface area (Å²) < 4.78 is 1.04. The van der Waals surface area contributed by atoms with Crippen molar-refractivity contribution in [2.75, 3.05) is 6.54 Å². The molecule has 2 aromatic heterocycles. The predicted octanol–water partition coefficient (Wildman–Crippen LogP) is 3.19. The summed E-state index contributed by atoms with van der Waals surface area (Å²) in [6.45, 7) is 3.02. The van der Waals surface area contributed by atoms with Crippen LogP contribution in [-0.2, 0) is 6.42 Å². The van der Waals surface area contributed by atoms with Gasteiger partial charge in [-0.2, -0.15) is 0 Å². The Kier molecular flexibility index (Phi) is 4.65. The number of halogens is 1. The summed E-state index contributed by atoms with van der Waals surface area (Å²) in [6, 6.07) is 4.16. The average molecular weight is 312 g/mol. The molecule has 2 heterocycles. The molecule has 1 N–H and O–H groups in total. The Morgan fingerprint density at radius 3 is 2.94 bits per heavy atom. The number of hydrogen-bond acceptors (Lipinski definition) is 4. The van der Waals surface area contributed by atoms with Crippen LogP contribution >= 0.6 is 27.3 Å². The minimum atomic E-state index is 0.210. The van der Waals surface area contributed by atoms with Gasteiger partial charge >= 0.3 is 0 Å². The number of nitrogens with one attached hydrogen (secondary N) is 1. The number of nitrogens with zero attached hydrogens (tertiary/aromatic N) is 2. The van der Waals surface area contributed by atoms with Crippen LogP contribution in [0.2, 0.25) is 0 Å². The van der Waals surface area contributed by atoms with E-state index in [1.54, 1.807) is 11.3 Å². The van der Waals surface area contributed by atoms with Gasteiger partial charge in [0.2, 0.25) is 0 Å². The van der Waals surface area contributed by atoms with Gasteiger partial charge in [-0.3, -0.25) is 4.98 Å². The van der Waals surface area contributed by atoms with Crippen molar-refractivity contribution < 1.29 is 0 Å². The maximum atomic E-state index is 4.45. The standard InChI is InChI=1S/C12H14BrN3S/c1-2-14-10(8-11-15-6-7-17-11)12-9(13)4-3-5-16-12/h3-7,10,14H,2,8H2,1H3. The Hall–Kier alpha value is -0.780. The molecule has 0 bridgehead atoms. The molecule has 0 aliphatic heterocycles. The Balaban J connectivity index is 2.20. The van der Waals surface area contributed by atoms with Crippen molar-refractivity contribution in [1.29, 1.82) is 0 Å². The highest BCUT2D eigenvalue weighted by Gasteiger charge is 2.16. The van der Waals surface area contributed by atoms with Crippen molar-refractivity contribution in [2.45, 2.75) is 19.4 Å². The van der Waals surface area contributed by atoms with Gasteiger partial charge in [-0.15, -0.1) is 11.3 Å². The predicted molar refractivity (Wildman–Crippen MR) is 74.2 cm³/mol. The summed E-state index contributed by atoms with van der Waals surface area (Å²) in [5.74, 6) is 0. The zero-order chi connectivity index (χ0) is 12.1. The molecule has 0 saturated heterocycles. The van der Waals surface area contributed by atoms with Gasteiger partial charge in [0.05, 0.1) is 16.7 Å². The minimum Gasteiger partial charge on any atom is -0.309 e. The number of aromatic nitrogens is 2. The van der Waals surface area contributed by atoms with Crippen LogP contribution in [0, 0.1) is 0 Å². The number of hydrogen-bond donors (Lipinski definition) is 1. The van der Waals surface area contributed by atoms with E-state index in [1.807, 2.05) is 29.9 Å². The van der Waals surface area contributed by atoms with E-state index in [4.69, 9.17) is 0 Å². The molecule has 0 fully saturated rings. The molecule has 1 atom stereocenters. The zero-order valence-electron chi connectivity index (χ0n) is 9.56. The van der Waals surface area contributed by atoms with E-state index in [-0.39, 0.29) is 6.04 Å². The quantitative estimate of drug-likeness (QED) is 0.921. The molecule has 3 nitrogen and oxygen atoms in total. The first-order valence-electron chi connectivity index (χ1n) is 5.53. The third kappa shape index (κ3) is 3.34. The van der Waals surface area contributed by atoms with Gasteiger partial charge in [0, 0.05) is 28.7 Å². The van der Waals surface area contributed by atoms with Crippen molar-refractivity contribution in [2.24, 2.45) is 0 Å². The smallest absolute Gasteiger partial charge is 0.0944 e. The molecule has 1 unspecified atom stereocenters. The van der Waals surface area contributed by atoms with Crippen LogP contribution in [0.15, 0.2) is 34.4 Å². The van der Waals surface area contributed by atoms with Crippen LogP contribution in [0.1, 0.15) is 23.7 Å². The zero-order valence-corrected chi connectivity index (χ0v) is 12.0. The summed E-state index contributed by atoms with van der Waals surface area (Å²) in [4.78, 5) is 8.77. The van der Waals surface area contributed by atoms with Gasteiger partial charge in [0.15, 0.2) is 0 Å².